The van der Waals surface area contributed by atoms with Gasteiger partial charge in [0, 0.05) is 15.4 Å². The molecule has 2 rings (SSSR count). The van der Waals surface area contributed by atoms with E-state index in [-0.39, 0.29) is 0 Å². The third-order valence-corrected chi connectivity index (χ3v) is 2.71. The highest BCUT2D eigenvalue weighted by Crippen LogP contribution is 2.23. The van der Waals surface area contributed by atoms with Crippen LogP contribution in [-0.4, -0.2) is 16.7 Å². The summed E-state index contributed by atoms with van der Waals surface area (Å²) in [5.41, 5.74) is 0.461. The normalized spacial score (nSPS) is 11.6. The first-order chi connectivity index (χ1) is 8.33. The second kappa shape index (κ2) is 4.65. The molecule has 0 fully saturated rings. The summed E-state index contributed by atoms with van der Waals surface area (Å²) in [6.07, 6.45) is -0.465. The lowest BCUT2D eigenvalue weighted by Gasteiger charge is -2.19. The Labute approximate surface area is 114 Å². The Hall–Kier alpha value is -1.49. The van der Waals surface area contributed by atoms with Crippen LogP contribution in [0, 0.1) is 0 Å². The second-order valence-corrected chi connectivity index (χ2v) is 5.96. The number of hydrogen-bond donors (Lipinski definition) is 2. The van der Waals surface area contributed by atoms with Gasteiger partial charge in [0.2, 0.25) is 0 Å². The van der Waals surface area contributed by atoms with E-state index in [4.69, 9.17) is 4.74 Å². The monoisotopic (exact) mass is 310 g/mol. The van der Waals surface area contributed by atoms with Crippen molar-refractivity contribution in [2.45, 2.75) is 26.4 Å². The molecule has 5 heteroatoms. The molecule has 0 atom stereocenters. The van der Waals surface area contributed by atoms with Crippen LogP contribution in [0.25, 0.3) is 10.9 Å². The van der Waals surface area contributed by atoms with Gasteiger partial charge in [0.15, 0.2) is 0 Å². The van der Waals surface area contributed by atoms with E-state index in [9.17, 15) is 4.79 Å². The van der Waals surface area contributed by atoms with Gasteiger partial charge in [-0.3, -0.25) is 5.32 Å². The van der Waals surface area contributed by atoms with Crippen molar-refractivity contribution in [2.24, 2.45) is 0 Å². The van der Waals surface area contributed by atoms with Gasteiger partial charge in [0.1, 0.15) is 11.4 Å². The molecule has 1 aromatic heterocycles. The number of carbonyl (C=O) groups excluding carboxylic acids is 1. The molecule has 0 radical (unpaired) electrons. The quantitative estimate of drug-likeness (QED) is 0.826. The van der Waals surface area contributed by atoms with E-state index in [1.807, 2.05) is 45.0 Å². The molecular weight excluding hydrogens is 296 g/mol. The Balaban J connectivity index is 2.15. The highest BCUT2D eigenvalue weighted by atomic mass is 79.9. The number of ether oxygens (including phenoxy) is 1. The van der Waals surface area contributed by atoms with Crippen molar-refractivity contribution in [1.29, 1.82) is 0 Å². The Morgan fingerprint density at radius 1 is 1.33 bits per heavy atom. The van der Waals surface area contributed by atoms with Crippen molar-refractivity contribution in [2.75, 3.05) is 5.32 Å². The van der Waals surface area contributed by atoms with Crippen molar-refractivity contribution in [3.8, 4) is 0 Å². The van der Waals surface area contributed by atoms with Crippen molar-refractivity contribution >= 4 is 38.7 Å². The Bertz CT molecular complexity index is 584. The van der Waals surface area contributed by atoms with E-state index in [1.165, 1.54) is 0 Å². The number of benzene rings is 1. The van der Waals surface area contributed by atoms with Gasteiger partial charge in [-0.2, -0.15) is 0 Å². The maximum atomic E-state index is 11.6. The van der Waals surface area contributed by atoms with Crippen molar-refractivity contribution in [3.05, 3.63) is 28.7 Å². The van der Waals surface area contributed by atoms with Gasteiger partial charge in [-0.15, -0.1) is 0 Å². The number of rotatable bonds is 1. The summed E-state index contributed by atoms with van der Waals surface area (Å²) >= 11 is 3.41. The molecule has 1 heterocycles. The number of aromatic nitrogens is 1. The number of carbonyl (C=O) groups is 1. The fourth-order valence-corrected chi connectivity index (χ4v) is 1.96. The van der Waals surface area contributed by atoms with E-state index in [1.54, 1.807) is 0 Å². The van der Waals surface area contributed by atoms with E-state index in [2.05, 4.69) is 26.2 Å². The molecular formula is C13H15BrN2O2. The molecule has 0 aliphatic heterocycles. The lowest BCUT2D eigenvalue weighted by atomic mass is 10.2. The SMILES string of the molecule is CC(C)(C)OC(=O)Nc1cc2cc(Br)ccc2[nH]1. The van der Waals surface area contributed by atoms with Crippen LogP contribution >= 0.6 is 15.9 Å². The zero-order valence-electron chi connectivity index (χ0n) is 10.5. The maximum Gasteiger partial charge on any atom is 0.413 e. The van der Waals surface area contributed by atoms with Crippen LogP contribution in [0.5, 0.6) is 0 Å². The van der Waals surface area contributed by atoms with Crippen molar-refractivity contribution < 1.29 is 9.53 Å². The molecule has 0 saturated heterocycles. The molecule has 4 nitrogen and oxygen atoms in total. The number of hydrogen-bond acceptors (Lipinski definition) is 2. The molecule has 0 spiro atoms. The summed E-state index contributed by atoms with van der Waals surface area (Å²) in [5.74, 6) is 0.623. The highest BCUT2D eigenvalue weighted by molar-refractivity contribution is 9.10. The molecule has 2 N–H and O–H groups in total. The number of nitrogens with one attached hydrogen (secondary N) is 2. The summed E-state index contributed by atoms with van der Waals surface area (Å²) in [6.45, 7) is 5.48. The molecule has 1 aromatic carbocycles. The topological polar surface area (TPSA) is 54.1 Å². The summed E-state index contributed by atoms with van der Waals surface area (Å²) in [7, 11) is 0. The Morgan fingerprint density at radius 2 is 2.06 bits per heavy atom. The Morgan fingerprint density at radius 3 is 2.72 bits per heavy atom. The summed E-state index contributed by atoms with van der Waals surface area (Å²) in [5, 5.41) is 3.70. The van der Waals surface area contributed by atoms with Crippen LogP contribution in [-0.2, 0) is 4.74 Å². The average Bonchev–Trinajstić information content (AvgIpc) is 2.55. The van der Waals surface area contributed by atoms with Gasteiger partial charge in [-0.1, -0.05) is 15.9 Å². The predicted molar refractivity (Wildman–Crippen MR) is 75.9 cm³/mol. The minimum absolute atomic E-state index is 0.465. The number of halogens is 1. The predicted octanol–water partition coefficient (Wildman–Crippen LogP) is 4.28. The first-order valence-corrected chi connectivity index (χ1v) is 6.41. The zero-order valence-corrected chi connectivity index (χ0v) is 12.1. The van der Waals surface area contributed by atoms with Gasteiger partial charge in [-0.05, 0) is 45.0 Å². The van der Waals surface area contributed by atoms with E-state index < -0.39 is 11.7 Å². The van der Waals surface area contributed by atoms with Crippen LogP contribution < -0.4 is 5.32 Å². The minimum Gasteiger partial charge on any atom is -0.444 e. The second-order valence-electron chi connectivity index (χ2n) is 5.04. The average molecular weight is 311 g/mol. The molecule has 0 bridgehead atoms. The number of H-pyrrole nitrogens is 1. The molecule has 0 aliphatic carbocycles. The standard InChI is InChI=1S/C13H15BrN2O2/c1-13(2,3)18-12(17)16-11-7-8-6-9(14)4-5-10(8)15-11/h4-7,15H,1-3H3,(H,16,17). The number of anilines is 1. The van der Waals surface area contributed by atoms with Crippen LogP contribution in [0.1, 0.15) is 20.8 Å². The molecule has 1 amide bonds. The molecule has 0 saturated carbocycles. The van der Waals surface area contributed by atoms with Gasteiger partial charge in [-0.25, -0.2) is 4.79 Å². The highest BCUT2D eigenvalue weighted by Gasteiger charge is 2.16. The van der Waals surface area contributed by atoms with E-state index >= 15 is 0 Å². The molecule has 0 unspecified atom stereocenters. The third-order valence-electron chi connectivity index (χ3n) is 2.22. The molecule has 18 heavy (non-hydrogen) atoms. The lowest BCUT2D eigenvalue weighted by molar-refractivity contribution is 0.0635. The maximum absolute atomic E-state index is 11.6. The number of fused-ring (bicyclic) bond motifs is 1. The molecule has 2 aromatic rings. The smallest absolute Gasteiger partial charge is 0.413 e. The lowest BCUT2D eigenvalue weighted by Crippen LogP contribution is -2.27. The first-order valence-electron chi connectivity index (χ1n) is 5.62. The molecule has 96 valence electrons. The van der Waals surface area contributed by atoms with Gasteiger partial charge < -0.3 is 9.72 Å². The largest absolute Gasteiger partial charge is 0.444 e. The summed E-state index contributed by atoms with van der Waals surface area (Å²) in [4.78, 5) is 14.7. The van der Waals surface area contributed by atoms with Crippen LogP contribution in [0.2, 0.25) is 0 Å². The van der Waals surface area contributed by atoms with E-state index in [0.717, 1.165) is 15.4 Å². The van der Waals surface area contributed by atoms with Gasteiger partial charge in [0.05, 0.1) is 0 Å². The van der Waals surface area contributed by atoms with E-state index in [0.29, 0.717) is 5.82 Å². The fraction of sp³-hybridized carbons (Fsp3) is 0.308. The first kappa shape index (κ1) is 13.0. The fourth-order valence-electron chi connectivity index (χ4n) is 1.58. The van der Waals surface area contributed by atoms with Crippen LogP contribution in [0.3, 0.4) is 0 Å². The van der Waals surface area contributed by atoms with Crippen molar-refractivity contribution in [3.63, 3.8) is 0 Å². The number of aromatic amines is 1. The summed E-state index contributed by atoms with van der Waals surface area (Å²) in [6, 6.07) is 7.73. The number of amides is 1. The summed E-state index contributed by atoms with van der Waals surface area (Å²) < 4.78 is 6.18. The molecule has 0 aliphatic rings. The van der Waals surface area contributed by atoms with Gasteiger partial charge >= 0.3 is 6.09 Å². The van der Waals surface area contributed by atoms with Crippen molar-refractivity contribution in [1.82, 2.24) is 4.98 Å². The van der Waals surface area contributed by atoms with Crippen LogP contribution in [0.15, 0.2) is 28.7 Å². The van der Waals surface area contributed by atoms with Gasteiger partial charge in [0.25, 0.3) is 0 Å². The zero-order chi connectivity index (χ0) is 13.3. The minimum atomic E-state index is -0.501. The van der Waals surface area contributed by atoms with Crippen LogP contribution in [0.4, 0.5) is 10.6 Å². The Kier molecular flexibility index (Phi) is 3.34. The third kappa shape index (κ3) is 3.26.